The average molecular weight is 174 g/mol. The van der Waals surface area contributed by atoms with E-state index < -0.39 is 0 Å². The van der Waals surface area contributed by atoms with Crippen LogP contribution in [0.3, 0.4) is 0 Å². The quantitative estimate of drug-likeness (QED) is 0.649. The maximum atomic E-state index is 4.32. The standard InChI is InChI=1S/C11H14N2/c1-8(2)10-6-12-13-7-9(3)4-5-11(10)13/h4-8H,1-3H3. The lowest BCUT2D eigenvalue weighted by molar-refractivity contribution is 0.875. The third-order valence-electron chi connectivity index (χ3n) is 2.32. The lowest BCUT2D eigenvalue weighted by Crippen LogP contribution is -1.89. The van der Waals surface area contributed by atoms with E-state index in [9.17, 15) is 0 Å². The van der Waals surface area contributed by atoms with Gasteiger partial charge in [0.25, 0.3) is 0 Å². The predicted octanol–water partition coefficient (Wildman–Crippen LogP) is 2.77. The molecule has 2 aromatic rings. The predicted molar refractivity (Wildman–Crippen MR) is 54.0 cm³/mol. The average Bonchev–Trinajstić information content (AvgIpc) is 2.46. The molecule has 2 rings (SSSR count). The highest BCUT2D eigenvalue weighted by Gasteiger charge is 2.06. The van der Waals surface area contributed by atoms with Crippen LogP contribution in [0.15, 0.2) is 24.5 Å². The molecule has 68 valence electrons. The molecule has 0 aromatic carbocycles. The van der Waals surface area contributed by atoms with Crippen molar-refractivity contribution >= 4 is 5.52 Å². The van der Waals surface area contributed by atoms with E-state index in [2.05, 4.69) is 44.2 Å². The van der Waals surface area contributed by atoms with Gasteiger partial charge in [0, 0.05) is 11.8 Å². The Labute approximate surface area is 78.2 Å². The summed E-state index contributed by atoms with van der Waals surface area (Å²) in [7, 11) is 0. The van der Waals surface area contributed by atoms with Gasteiger partial charge in [0.15, 0.2) is 0 Å². The summed E-state index contributed by atoms with van der Waals surface area (Å²) >= 11 is 0. The molecule has 0 aliphatic carbocycles. The highest BCUT2D eigenvalue weighted by molar-refractivity contribution is 5.55. The van der Waals surface area contributed by atoms with Gasteiger partial charge in [-0.1, -0.05) is 19.9 Å². The normalized spacial score (nSPS) is 11.4. The molecule has 0 aliphatic heterocycles. The topological polar surface area (TPSA) is 17.3 Å². The molecule has 0 unspecified atom stereocenters. The van der Waals surface area contributed by atoms with E-state index in [1.807, 2.05) is 10.7 Å². The molecule has 0 saturated carbocycles. The largest absolute Gasteiger partial charge is 0.240 e. The Bertz CT molecular complexity index is 427. The monoisotopic (exact) mass is 174 g/mol. The fourth-order valence-electron chi connectivity index (χ4n) is 1.55. The molecule has 2 heteroatoms. The van der Waals surface area contributed by atoms with E-state index >= 15 is 0 Å². The Balaban J connectivity index is 2.69. The SMILES string of the molecule is Cc1ccc2c(C(C)C)cnn2c1. The van der Waals surface area contributed by atoms with Gasteiger partial charge in [0.2, 0.25) is 0 Å². The highest BCUT2D eigenvalue weighted by Crippen LogP contribution is 2.19. The van der Waals surface area contributed by atoms with Gasteiger partial charge in [-0.2, -0.15) is 5.10 Å². The molecule has 0 N–H and O–H groups in total. The van der Waals surface area contributed by atoms with Crippen molar-refractivity contribution in [1.29, 1.82) is 0 Å². The van der Waals surface area contributed by atoms with Gasteiger partial charge >= 0.3 is 0 Å². The summed E-state index contributed by atoms with van der Waals surface area (Å²) in [4.78, 5) is 0. The molecule has 0 amide bonds. The zero-order valence-corrected chi connectivity index (χ0v) is 8.28. The minimum absolute atomic E-state index is 0.542. The number of aryl methyl sites for hydroxylation is 1. The molecule has 0 saturated heterocycles. The Morgan fingerprint density at radius 3 is 2.77 bits per heavy atom. The summed E-state index contributed by atoms with van der Waals surface area (Å²) < 4.78 is 1.95. The fourth-order valence-corrected chi connectivity index (χ4v) is 1.55. The third-order valence-corrected chi connectivity index (χ3v) is 2.32. The van der Waals surface area contributed by atoms with Gasteiger partial charge in [-0.15, -0.1) is 0 Å². The zero-order valence-electron chi connectivity index (χ0n) is 8.28. The van der Waals surface area contributed by atoms with Crippen LogP contribution in [0.4, 0.5) is 0 Å². The summed E-state index contributed by atoms with van der Waals surface area (Å²) in [6.07, 6.45) is 4.01. The molecule has 2 nitrogen and oxygen atoms in total. The van der Waals surface area contributed by atoms with Crippen LogP contribution in [-0.2, 0) is 0 Å². The molecule has 0 bridgehead atoms. The van der Waals surface area contributed by atoms with E-state index in [1.54, 1.807) is 0 Å². The van der Waals surface area contributed by atoms with E-state index in [-0.39, 0.29) is 0 Å². The van der Waals surface area contributed by atoms with Gasteiger partial charge in [0.05, 0.1) is 11.7 Å². The van der Waals surface area contributed by atoms with Crippen molar-refractivity contribution in [2.24, 2.45) is 0 Å². The second kappa shape index (κ2) is 2.87. The van der Waals surface area contributed by atoms with Crippen LogP contribution in [0.25, 0.3) is 5.52 Å². The van der Waals surface area contributed by atoms with Crippen LogP contribution in [0.2, 0.25) is 0 Å². The van der Waals surface area contributed by atoms with Gasteiger partial charge in [-0.3, -0.25) is 0 Å². The Kier molecular flexibility index (Phi) is 1.83. The molecule has 2 heterocycles. The molecule has 0 aliphatic rings. The zero-order chi connectivity index (χ0) is 9.42. The summed E-state index contributed by atoms with van der Waals surface area (Å²) in [6, 6.07) is 4.26. The van der Waals surface area contributed by atoms with Crippen molar-refractivity contribution in [1.82, 2.24) is 9.61 Å². The third kappa shape index (κ3) is 1.32. The molecule has 2 aromatic heterocycles. The first-order valence-electron chi connectivity index (χ1n) is 4.62. The second-order valence-corrected chi connectivity index (χ2v) is 3.79. The van der Waals surface area contributed by atoms with E-state index in [0.717, 1.165) is 0 Å². The summed E-state index contributed by atoms with van der Waals surface area (Å²) in [5, 5.41) is 4.32. The van der Waals surface area contributed by atoms with E-state index in [0.29, 0.717) is 5.92 Å². The van der Waals surface area contributed by atoms with Gasteiger partial charge in [-0.05, 0) is 24.5 Å². The van der Waals surface area contributed by atoms with Crippen LogP contribution >= 0.6 is 0 Å². The number of rotatable bonds is 1. The Hall–Kier alpha value is -1.31. The first-order chi connectivity index (χ1) is 6.18. The van der Waals surface area contributed by atoms with Crippen molar-refractivity contribution in [3.05, 3.63) is 35.7 Å². The van der Waals surface area contributed by atoms with Crippen LogP contribution in [0.1, 0.15) is 30.9 Å². The van der Waals surface area contributed by atoms with Gasteiger partial charge in [0.1, 0.15) is 0 Å². The number of hydrogen-bond acceptors (Lipinski definition) is 1. The number of nitrogens with zero attached hydrogens (tertiary/aromatic N) is 2. The number of hydrogen-bond donors (Lipinski definition) is 0. The van der Waals surface area contributed by atoms with Crippen LogP contribution in [0.5, 0.6) is 0 Å². The lowest BCUT2D eigenvalue weighted by atomic mass is 10.1. The maximum Gasteiger partial charge on any atom is 0.0696 e. The molecular formula is C11H14N2. The smallest absolute Gasteiger partial charge is 0.0696 e. The molecular weight excluding hydrogens is 160 g/mol. The number of fused-ring (bicyclic) bond motifs is 1. The van der Waals surface area contributed by atoms with Gasteiger partial charge < -0.3 is 0 Å². The highest BCUT2D eigenvalue weighted by atomic mass is 15.2. The fraction of sp³-hybridized carbons (Fsp3) is 0.364. The molecule has 0 spiro atoms. The van der Waals surface area contributed by atoms with Crippen molar-refractivity contribution in [2.75, 3.05) is 0 Å². The van der Waals surface area contributed by atoms with E-state index in [1.165, 1.54) is 16.6 Å². The molecule has 13 heavy (non-hydrogen) atoms. The van der Waals surface area contributed by atoms with Crippen molar-refractivity contribution < 1.29 is 0 Å². The first-order valence-corrected chi connectivity index (χ1v) is 4.62. The number of aromatic nitrogens is 2. The Morgan fingerprint density at radius 1 is 1.31 bits per heavy atom. The maximum absolute atomic E-state index is 4.32. The molecule has 0 fully saturated rings. The summed E-state index contributed by atoms with van der Waals surface area (Å²) in [5.41, 5.74) is 3.78. The van der Waals surface area contributed by atoms with Crippen molar-refractivity contribution in [2.45, 2.75) is 26.7 Å². The minimum Gasteiger partial charge on any atom is -0.240 e. The van der Waals surface area contributed by atoms with Crippen LogP contribution < -0.4 is 0 Å². The first kappa shape index (κ1) is 8.30. The lowest BCUT2D eigenvalue weighted by Gasteiger charge is -2.01. The summed E-state index contributed by atoms with van der Waals surface area (Å²) in [5.74, 6) is 0.542. The van der Waals surface area contributed by atoms with E-state index in [4.69, 9.17) is 0 Å². The molecule has 0 atom stereocenters. The van der Waals surface area contributed by atoms with Gasteiger partial charge in [-0.25, -0.2) is 4.52 Å². The second-order valence-electron chi connectivity index (χ2n) is 3.79. The van der Waals surface area contributed by atoms with Crippen LogP contribution in [-0.4, -0.2) is 9.61 Å². The minimum atomic E-state index is 0.542. The van der Waals surface area contributed by atoms with Crippen molar-refractivity contribution in [3.63, 3.8) is 0 Å². The van der Waals surface area contributed by atoms with Crippen LogP contribution in [0, 0.1) is 6.92 Å². The summed E-state index contributed by atoms with van der Waals surface area (Å²) in [6.45, 7) is 6.46. The number of pyridine rings is 1. The molecule has 0 radical (unpaired) electrons. The Morgan fingerprint density at radius 2 is 2.08 bits per heavy atom. The van der Waals surface area contributed by atoms with Crippen molar-refractivity contribution in [3.8, 4) is 0 Å².